The molecule has 8 heteroatoms. The summed E-state index contributed by atoms with van der Waals surface area (Å²) in [5.41, 5.74) is 3.68. The Balaban J connectivity index is 1.69. The molecule has 0 aliphatic carbocycles. The highest BCUT2D eigenvalue weighted by atomic mass is 32.2. The van der Waals surface area contributed by atoms with Gasteiger partial charge in [-0.2, -0.15) is 5.10 Å². The van der Waals surface area contributed by atoms with Crippen molar-refractivity contribution in [2.24, 2.45) is 0 Å². The first-order chi connectivity index (χ1) is 13.2. The standard InChI is InChI=1S/C20H27N3O4S/c1-14-19(15(2)23(21-14)17-9-10-28(25,26)13-17)12-22(3)20(24)11-16-5-7-18(27-4)8-6-16/h5-8,17H,9-13H2,1-4H3/t17-/m1/s1. The molecule has 0 radical (unpaired) electrons. The predicted molar refractivity (Wildman–Crippen MR) is 107 cm³/mol. The molecule has 0 saturated carbocycles. The number of hydrogen-bond donors (Lipinski definition) is 0. The molecule has 1 atom stereocenters. The number of sulfone groups is 1. The van der Waals surface area contributed by atoms with E-state index in [9.17, 15) is 13.2 Å². The van der Waals surface area contributed by atoms with Gasteiger partial charge < -0.3 is 9.64 Å². The molecule has 1 aromatic carbocycles. The van der Waals surface area contributed by atoms with E-state index in [-0.39, 0.29) is 23.5 Å². The van der Waals surface area contributed by atoms with Crippen LogP contribution in [0.3, 0.4) is 0 Å². The Morgan fingerprint density at radius 3 is 2.54 bits per heavy atom. The van der Waals surface area contributed by atoms with Crippen LogP contribution < -0.4 is 4.74 Å². The van der Waals surface area contributed by atoms with Crippen molar-refractivity contribution in [1.82, 2.24) is 14.7 Å². The Kier molecular flexibility index (Phi) is 5.79. The van der Waals surface area contributed by atoms with Gasteiger partial charge in [0.1, 0.15) is 5.75 Å². The zero-order valence-electron chi connectivity index (χ0n) is 16.8. The van der Waals surface area contributed by atoms with E-state index < -0.39 is 9.84 Å². The van der Waals surface area contributed by atoms with E-state index in [0.29, 0.717) is 19.4 Å². The van der Waals surface area contributed by atoms with Crippen LogP contribution in [0.4, 0.5) is 0 Å². The lowest BCUT2D eigenvalue weighted by atomic mass is 10.1. The molecule has 28 heavy (non-hydrogen) atoms. The Labute approximate surface area is 166 Å². The van der Waals surface area contributed by atoms with Gasteiger partial charge in [0.05, 0.1) is 36.8 Å². The first-order valence-electron chi connectivity index (χ1n) is 9.32. The second-order valence-corrected chi connectivity index (χ2v) is 9.65. The van der Waals surface area contributed by atoms with Gasteiger partial charge in [0.15, 0.2) is 9.84 Å². The highest BCUT2D eigenvalue weighted by Crippen LogP contribution is 2.27. The van der Waals surface area contributed by atoms with Crippen molar-refractivity contribution in [1.29, 1.82) is 0 Å². The number of nitrogens with zero attached hydrogens (tertiary/aromatic N) is 3. The van der Waals surface area contributed by atoms with Gasteiger partial charge in [-0.3, -0.25) is 9.48 Å². The number of carbonyl (C=O) groups is 1. The van der Waals surface area contributed by atoms with Crippen LogP contribution >= 0.6 is 0 Å². The molecule has 0 bridgehead atoms. The minimum absolute atomic E-state index is 0.0140. The van der Waals surface area contributed by atoms with Crippen molar-refractivity contribution in [3.63, 3.8) is 0 Å². The molecule has 1 saturated heterocycles. The van der Waals surface area contributed by atoms with Crippen LogP contribution in [0, 0.1) is 13.8 Å². The van der Waals surface area contributed by atoms with Gasteiger partial charge in [0.2, 0.25) is 5.91 Å². The number of amides is 1. The van der Waals surface area contributed by atoms with Crippen LogP contribution in [0.1, 0.15) is 35.0 Å². The summed E-state index contributed by atoms with van der Waals surface area (Å²) in [6, 6.07) is 7.35. The summed E-state index contributed by atoms with van der Waals surface area (Å²) in [7, 11) is 0.416. The van der Waals surface area contributed by atoms with Crippen LogP contribution in [-0.2, 0) is 27.6 Å². The normalized spacial score (nSPS) is 18.2. The summed E-state index contributed by atoms with van der Waals surface area (Å²) >= 11 is 0. The van der Waals surface area contributed by atoms with Crippen molar-refractivity contribution in [3.05, 3.63) is 46.8 Å². The molecule has 3 rings (SSSR count). The second-order valence-electron chi connectivity index (χ2n) is 7.43. The largest absolute Gasteiger partial charge is 0.497 e. The van der Waals surface area contributed by atoms with Crippen LogP contribution in [0.5, 0.6) is 5.75 Å². The number of rotatable bonds is 6. The molecule has 0 spiro atoms. The Morgan fingerprint density at radius 2 is 1.96 bits per heavy atom. The molecule has 0 N–H and O–H groups in total. The van der Waals surface area contributed by atoms with Crippen LogP contribution in [0.25, 0.3) is 0 Å². The summed E-state index contributed by atoms with van der Waals surface area (Å²) in [6.07, 6.45) is 0.906. The average Bonchev–Trinajstić information content (AvgIpc) is 3.15. The Bertz CT molecular complexity index is 964. The minimum atomic E-state index is -2.97. The third-order valence-electron chi connectivity index (χ3n) is 5.36. The van der Waals surface area contributed by atoms with Crippen molar-refractivity contribution >= 4 is 15.7 Å². The minimum Gasteiger partial charge on any atom is -0.497 e. The summed E-state index contributed by atoms with van der Waals surface area (Å²) in [5.74, 6) is 1.13. The fourth-order valence-corrected chi connectivity index (χ4v) is 5.32. The van der Waals surface area contributed by atoms with Crippen molar-refractivity contribution in [2.45, 2.75) is 39.3 Å². The number of hydrogen-bond acceptors (Lipinski definition) is 5. The lowest BCUT2D eigenvalue weighted by Crippen LogP contribution is -2.28. The summed E-state index contributed by atoms with van der Waals surface area (Å²) < 4.78 is 30.6. The maximum atomic E-state index is 12.6. The fourth-order valence-electron chi connectivity index (χ4n) is 3.63. The molecule has 1 fully saturated rings. The molecule has 1 aliphatic rings. The van der Waals surface area contributed by atoms with E-state index in [1.807, 2.05) is 42.8 Å². The van der Waals surface area contributed by atoms with Gasteiger partial charge in [-0.25, -0.2) is 8.42 Å². The summed E-state index contributed by atoms with van der Waals surface area (Å²) in [4.78, 5) is 14.3. The van der Waals surface area contributed by atoms with Crippen molar-refractivity contribution < 1.29 is 17.9 Å². The van der Waals surface area contributed by atoms with Crippen LogP contribution in [0.15, 0.2) is 24.3 Å². The van der Waals surface area contributed by atoms with E-state index in [0.717, 1.165) is 28.3 Å². The van der Waals surface area contributed by atoms with Gasteiger partial charge >= 0.3 is 0 Å². The number of likely N-dealkylation sites (N-methyl/N-ethyl adjacent to an activating group) is 1. The highest BCUT2D eigenvalue weighted by Gasteiger charge is 2.31. The quantitative estimate of drug-likeness (QED) is 0.735. The van der Waals surface area contributed by atoms with Gasteiger partial charge in [0.25, 0.3) is 0 Å². The number of ether oxygens (including phenoxy) is 1. The lowest BCUT2D eigenvalue weighted by Gasteiger charge is -2.18. The molecule has 0 unspecified atom stereocenters. The van der Waals surface area contributed by atoms with Crippen LogP contribution in [0.2, 0.25) is 0 Å². The molecule has 1 amide bonds. The zero-order valence-corrected chi connectivity index (χ0v) is 17.6. The molecule has 2 aromatic rings. The van der Waals surface area contributed by atoms with Crippen LogP contribution in [-0.4, -0.2) is 54.7 Å². The van der Waals surface area contributed by atoms with E-state index in [1.165, 1.54) is 0 Å². The number of aryl methyl sites for hydroxylation is 1. The predicted octanol–water partition coefficient (Wildman–Crippen LogP) is 2.07. The maximum absolute atomic E-state index is 12.6. The van der Waals surface area contributed by atoms with E-state index >= 15 is 0 Å². The topological polar surface area (TPSA) is 81.5 Å². The van der Waals surface area contributed by atoms with Crippen molar-refractivity contribution in [2.75, 3.05) is 25.7 Å². The molecule has 2 heterocycles. The number of benzene rings is 1. The summed E-state index contributed by atoms with van der Waals surface area (Å²) in [5, 5.41) is 4.57. The van der Waals surface area contributed by atoms with E-state index in [4.69, 9.17) is 4.74 Å². The number of methoxy groups -OCH3 is 1. The molecule has 1 aliphatic heterocycles. The monoisotopic (exact) mass is 405 g/mol. The molecule has 7 nitrogen and oxygen atoms in total. The molecular formula is C20H27N3O4S. The lowest BCUT2D eigenvalue weighted by molar-refractivity contribution is -0.129. The Morgan fingerprint density at radius 1 is 1.29 bits per heavy atom. The Hall–Kier alpha value is -2.35. The zero-order chi connectivity index (χ0) is 20.5. The third-order valence-corrected chi connectivity index (χ3v) is 7.11. The maximum Gasteiger partial charge on any atom is 0.227 e. The van der Waals surface area contributed by atoms with Gasteiger partial charge in [0, 0.05) is 24.8 Å². The smallest absolute Gasteiger partial charge is 0.227 e. The van der Waals surface area contributed by atoms with Gasteiger partial charge in [-0.15, -0.1) is 0 Å². The van der Waals surface area contributed by atoms with E-state index in [2.05, 4.69) is 5.10 Å². The third kappa shape index (κ3) is 4.38. The molecule has 1 aromatic heterocycles. The van der Waals surface area contributed by atoms with Gasteiger partial charge in [-0.1, -0.05) is 12.1 Å². The second kappa shape index (κ2) is 7.95. The molecule has 152 valence electrons. The summed E-state index contributed by atoms with van der Waals surface area (Å²) in [6.45, 7) is 4.30. The first kappa shape index (κ1) is 20.4. The van der Waals surface area contributed by atoms with Gasteiger partial charge in [-0.05, 0) is 38.0 Å². The van der Waals surface area contributed by atoms with Crippen molar-refractivity contribution in [3.8, 4) is 5.75 Å². The SMILES string of the molecule is COc1ccc(CC(=O)N(C)Cc2c(C)nn([C@@H]3CCS(=O)(=O)C3)c2C)cc1. The highest BCUT2D eigenvalue weighted by molar-refractivity contribution is 7.91. The fraction of sp³-hybridized carbons (Fsp3) is 0.500. The molecular weight excluding hydrogens is 378 g/mol. The number of aromatic nitrogens is 2. The average molecular weight is 406 g/mol. The van der Waals surface area contributed by atoms with E-state index in [1.54, 1.807) is 19.1 Å². The number of carbonyl (C=O) groups excluding carboxylic acids is 1. The first-order valence-corrected chi connectivity index (χ1v) is 11.1.